The standard InChI is InChI=1S/C11H19N3O2S/c1-3-8(4-5-15)6-13-10(16)9-7(2)14-11(12)17-9/h8,15H,3-6H2,1-2H3,(H2,12,14)(H,13,16). The fourth-order valence-electron chi connectivity index (χ4n) is 1.58. The Hall–Kier alpha value is -1.14. The molecule has 1 heterocycles. The highest BCUT2D eigenvalue weighted by molar-refractivity contribution is 7.17. The predicted octanol–water partition coefficient (Wildman–Crippen LogP) is 1.17. The van der Waals surface area contributed by atoms with Crippen molar-refractivity contribution in [2.24, 2.45) is 5.92 Å². The number of carbonyl (C=O) groups is 1. The molecule has 1 aromatic rings. The molecule has 4 N–H and O–H groups in total. The molecule has 1 atom stereocenters. The van der Waals surface area contributed by atoms with Crippen LogP contribution in [-0.4, -0.2) is 29.1 Å². The van der Waals surface area contributed by atoms with Crippen molar-refractivity contribution in [2.45, 2.75) is 26.7 Å². The summed E-state index contributed by atoms with van der Waals surface area (Å²) < 4.78 is 0. The molecule has 6 heteroatoms. The van der Waals surface area contributed by atoms with Crippen LogP contribution in [-0.2, 0) is 0 Å². The molecule has 0 aliphatic rings. The third kappa shape index (κ3) is 3.98. The van der Waals surface area contributed by atoms with Crippen molar-refractivity contribution in [3.05, 3.63) is 10.6 Å². The van der Waals surface area contributed by atoms with Gasteiger partial charge in [-0.25, -0.2) is 4.98 Å². The Kier molecular flexibility index (Phi) is 5.37. The number of anilines is 1. The van der Waals surface area contributed by atoms with Crippen LogP contribution in [0.3, 0.4) is 0 Å². The van der Waals surface area contributed by atoms with Gasteiger partial charge < -0.3 is 16.2 Å². The molecule has 0 spiro atoms. The van der Waals surface area contributed by atoms with E-state index in [0.717, 1.165) is 6.42 Å². The largest absolute Gasteiger partial charge is 0.396 e. The number of nitrogens with zero attached hydrogens (tertiary/aromatic N) is 1. The summed E-state index contributed by atoms with van der Waals surface area (Å²) in [5.41, 5.74) is 6.21. The number of aromatic nitrogens is 1. The van der Waals surface area contributed by atoms with Crippen LogP contribution in [0.15, 0.2) is 0 Å². The lowest BCUT2D eigenvalue weighted by Crippen LogP contribution is -2.29. The molecule has 0 radical (unpaired) electrons. The zero-order valence-electron chi connectivity index (χ0n) is 10.2. The van der Waals surface area contributed by atoms with Crippen LogP contribution in [0.25, 0.3) is 0 Å². The third-order valence-corrected chi connectivity index (χ3v) is 3.67. The number of rotatable bonds is 6. The van der Waals surface area contributed by atoms with E-state index in [-0.39, 0.29) is 12.5 Å². The van der Waals surface area contributed by atoms with Gasteiger partial charge in [0.05, 0.1) is 5.69 Å². The van der Waals surface area contributed by atoms with Crippen LogP contribution in [0.5, 0.6) is 0 Å². The number of aryl methyl sites for hydroxylation is 1. The monoisotopic (exact) mass is 257 g/mol. The Morgan fingerprint density at radius 1 is 1.65 bits per heavy atom. The molecule has 17 heavy (non-hydrogen) atoms. The van der Waals surface area contributed by atoms with Gasteiger partial charge in [-0.05, 0) is 19.3 Å². The zero-order valence-corrected chi connectivity index (χ0v) is 11.0. The van der Waals surface area contributed by atoms with Crippen molar-refractivity contribution >= 4 is 22.4 Å². The molecule has 0 aromatic carbocycles. The maximum Gasteiger partial charge on any atom is 0.263 e. The molecule has 0 saturated carbocycles. The van der Waals surface area contributed by atoms with Gasteiger partial charge in [0.25, 0.3) is 5.91 Å². The second kappa shape index (κ2) is 6.56. The number of amides is 1. The topological polar surface area (TPSA) is 88.2 Å². The first-order chi connectivity index (χ1) is 8.08. The Labute approximate surface area is 105 Å². The van der Waals surface area contributed by atoms with Crippen molar-refractivity contribution in [1.82, 2.24) is 10.3 Å². The Morgan fingerprint density at radius 3 is 2.82 bits per heavy atom. The molecular weight excluding hydrogens is 238 g/mol. The summed E-state index contributed by atoms with van der Waals surface area (Å²) in [5, 5.41) is 12.1. The minimum absolute atomic E-state index is 0.131. The number of aliphatic hydroxyl groups excluding tert-OH is 1. The first-order valence-corrected chi connectivity index (χ1v) is 6.52. The highest BCUT2D eigenvalue weighted by Gasteiger charge is 2.15. The van der Waals surface area contributed by atoms with E-state index in [1.807, 2.05) is 6.92 Å². The van der Waals surface area contributed by atoms with Gasteiger partial charge >= 0.3 is 0 Å². The molecule has 1 aromatic heterocycles. The summed E-state index contributed by atoms with van der Waals surface area (Å²) in [6.07, 6.45) is 1.64. The predicted molar refractivity (Wildman–Crippen MR) is 69.1 cm³/mol. The summed E-state index contributed by atoms with van der Waals surface area (Å²) >= 11 is 1.20. The fraction of sp³-hybridized carbons (Fsp3) is 0.636. The quantitative estimate of drug-likeness (QED) is 0.714. The summed E-state index contributed by atoms with van der Waals surface area (Å²) in [6.45, 7) is 4.54. The van der Waals surface area contributed by atoms with Gasteiger partial charge in [0.2, 0.25) is 0 Å². The van der Waals surface area contributed by atoms with Crippen LogP contribution in [0.2, 0.25) is 0 Å². The molecule has 0 aliphatic carbocycles. The molecule has 1 unspecified atom stereocenters. The minimum Gasteiger partial charge on any atom is -0.396 e. The summed E-state index contributed by atoms with van der Waals surface area (Å²) in [5.74, 6) is 0.183. The molecule has 5 nitrogen and oxygen atoms in total. The van der Waals surface area contributed by atoms with E-state index < -0.39 is 0 Å². The number of carbonyl (C=O) groups excluding carboxylic acids is 1. The smallest absolute Gasteiger partial charge is 0.263 e. The SMILES string of the molecule is CCC(CCO)CNC(=O)c1sc(N)nc1C. The van der Waals surface area contributed by atoms with Crippen molar-refractivity contribution in [3.63, 3.8) is 0 Å². The second-order valence-corrected chi connectivity index (χ2v) is 4.99. The van der Waals surface area contributed by atoms with E-state index in [1.54, 1.807) is 6.92 Å². The first kappa shape index (κ1) is 13.9. The molecule has 96 valence electrons. The third-order valence-electron chi connectivity index (χ3n) is 2.69. The lowest BCUT2D eigenvalue weighted by atomic mass is 10.0. The Balaban J connectivity index is 2.52. The van der Waals surface area contributed by atoms with Gasteiger partial charge in [0.15, 0.2) is 5.13 Å². The van der Waals surface area contributed by atoms with Crippen LogP contribution < -0.4 is 11.1 Å². The van der Waals surface area contributed by atoms with E-state index in [0.29, 0.717) is 34.6 Å². The van der Waals surface area contributed by atoms with Crippen LogP contribution >= 0.6 is 11.3 Å². The maximum atomic E-state index is 11.8. The van der Waals surface area contributed by atoms with Gasteiger partial charge in [0, 0.05) is 13.2 Å². The van der Waals surface area contributed by atoms with Gasteiger partial charge in [0.1, 0.15) is 4.88 Å². The summed E-state index contributed by atoms with van der Waals surface area (Å²) in [6, 6.07) is 0. The molecule has 1 rings (SSSR count). The lowest BCUT2D eigenvalue weighted by Gasteiger charge is -2.13. The van der Waals surface area contributed by atoms with E-state index in [9.17, 15) is 4.79 Å². The normalized spacial score (nSPS) is 12.4. The zero-order chi connectivity index (χ0) is 12.8. The van der Waals surface area contributed by atoms with E-state index >= 15 is 0 Å². The van der Waals surface area contributed by atoms with Crippen molar-refractivity contribution in [3.8, 4) is 0 Å². The number of aliphatic hydroxyl groups is 1. The summed E-state index contributed by atoms with van der Waals surface area (Å²) in [7, 11) is 0. The minimum atomic E-state index is -0.131. The van der Waals surface area contributed by atoms with Gasteiger partial charge in [-0.15, -0.1) is 0 Å². The average molecular weight is 257 g/mol. The number of nitrogens with two attached hydrogens (primary N) is 1. The van der Waals surface area contributed by atoms with Gasteiger partial charge in [-0.2, -0.15) is 0 Å². The molecule has 1 amide bonds. The molecule has 0 aliphatic heterocycles. The highest BCUT2D eigenvalue weighted by atomic mass is 32.1. The Bertz CT molecular complexity index is 379. The number of nitrogen functional groups attached to an aromatic ring is 1. The van der Waals surface area contributed by atoms with E-state index in [2.05, 4.69) is 10.3 Å². The average Bonchev–Trinajstić information content (AvgIpc) is 2.63. The van der Waals surface area contributed by atoms with Crippen molar-refractivity contribution in [2.75, 3.05) is 18.9 Å². The molecule has 0 fully saturated rings. The van der Waals surface area contributed by atoms with Gasteiger partial charge in [-0.1, -0.05) is 24.7 Å². The second-order valence-electron chi connectivity index (χ2n) is 3.96. The first-order valence-electron chi connectivity index (χ1n) is 5.70. The fourth-order valence-corrected chi connectivity index (χ4v) is 2.33. The molecular formula is C11H19N3O2S. The number of hydrogen-bond donors (Lipinski definition) is 3. The van der Waals surface area contributed by atoms with Crippen LogP contribution in [0.1, 0.15) is 35.1 Å². The summed E-state index contributed by atoms with van der Waals surface area (Å²) in [4.78, 5) is 16.4. The van der Waals surface area contributed by atoms with Gasteiger partial charge in [-0.3, -0.25) is 4.79 Å². The molecule has 0 saturated heterocycles. The lowest BCUT2D eigenvalue weighted by molar-refractivity contribution is 0.0947. The van der Waals surface area contributed by atoms with Crippen molar-refractivity contribution in [1.29, 1.82) is 0 Å². The van der Waals surface area contributed by atoms with E-state index in [1.165, 1.54) is 11.3 Å². The number of thiazole rings is 1. The Morgan fingerprint density at radius 2 is 2.35 bits per heavy atom. The van der Waals surface area contributed by atoms with Crippen molar-refractivity contribution < 1.29 is 9.90 Å². The van der Waals surface area contributed by atoms with E-state index in [4.69, 9.17) is 10.8 Å². The number of nitrogens with one attached hydrogen (secondary N) is 1. The number of hydrogen-bond acceptors (Lipinski definition) is 5. The van der Waals surface area contributed by atoms with Crippen LogP contribution in [0.4, 0.5) is 5.13 Å². The molecule has 0 bridgehead atoms. The maximum absolute atomic E-state index is 11.8. The van der Waals surface area contributed by atoms with Crippen LogP contribution in [0, 0.1) is 12.8 Å². The highest BCUT2D eigenvalue weighted by Crippen LogP contribution is 2.19.